The van der Waals surface area contributed by atoms with Crippen LogP contribution < -0.4 is 5.56 Å². The summed E-state index contributed by atoms with van der Waals surface area (Å²) in [5, 5.41) is 5.16. The molecule has 0 amide bonds. The molecule has 31 heavy (non-hydrogen) atoms. The van der Waals surface area contributed by atoms with E-state index in [2.05, 4.69) is 15.1 Å². The average molecular weight is 453 g/mol. The molecule has 6 nitrogen and oxygen atoms in total. The lowest BCUT2D eigenvalue weighted by Gasteiger charge is -2.05. The Labute approximate surface area is 184 Å². The predicted molar refractivity (Wildman–Crippen MR) is 118 cm³/mol. The first-order valence-electron chi connectivity index (χ1n) is 9.32. The number of rotatable bonds is 4. The van der Waals surface area contributed by atoms with E-state index in [1.54, 1.807) is 36.4 Å². The molecule has 0 spiro atoms. The molecule has 0 atom stereocenters. The Morgan fingerprint density at radius 1 is 1.19 bits per heavy atom. The average Bonchev–Trinajstić information content (AvgIpc) is 3.36. The summed E-state index contributed by atoms with van der Waals surface area (Å²) in [5.41, 5.74) is 1.97. The molecule has 3 aromatic heterocycles. The molecular formula is C22H14ClFN4O2S. The topological polar surface area (TPSA) is 73.8 Å². The molecule has 0 aliphatic heterocycles. The number of benzene rings is 2. The highest BCUT2D eigenvalue weighted by Gasteiger charge is 2.20. The first-order chi connectivity index (χ1) is 15.0. The van der Waals surface area contributed by atoms with Gasteiger partial charge in [0.15, 0.2) is 0 Å². The van der Waals surface area contributed by atoms with Gasteiger partial charge in [-0.2, -0.15) is 4.98 Å². The van der Waals surface area contributed by atoms with Gasteiger partial charge in [-0.3, -0.25) is 9.36 Å². The number of aryl methyl sites for hydroxylation is 1. The largest absolute Gasteiger partial charge is 0.333 e. The van der Waals surface area contributed by atoms with Crippen LogP contribution >= 0.6 is 22.9 Å². The Bertz CT molecular complexity index is 1470. The Hall–Kier alpha value is -3.36. The van der Waals surface area contributed by atoms with Gasteiger partial charge in [-0.1, -0.05) is 28.9 Å². The molecule has 0 N–H and O–H groups in total. The molecule has 0 unspecified atom stereocenters. The van der Waals surface area contributed by atoms with Crippen LogP contribution in [0.4, 0.5) is 4.39 Å². The molecule has 5 aromatic rings. The quantitative estimate of drug-likeness (QED) is 0.368. The van der Waals surface area contributed by atoms with Gasteiger partial charge in [-0.25, -0.2) is 9.37 Å². The Balaban J connectivity index is 1.54. The molecule has 0 radical (unpaired) electrons. The van der Waals surface area contributed by atoms with Crippen LogP contribution in [0.2, 0.25) is 5.02 Å². The lowest BCUT2D eigenvalue weighted by Crippen LogP contribution is -2.21. The van der Waals surface area contributed by atoms with Crippen molar-refractivity contribution in [3.8, 4) is 22.2 Å². The van der Waals surface area contributed by atoms with E-state index in [9.17, 15) is 9.18 Å². The van der Waals surface area contributed by atoms with E-state index in [1.165, 1.54) is 34.4 Å². The van der Waals surface area contributed by atoms with Crippen molar-refractivity contribution in [2.75, 3.05) is 0 Å². The summed E-state index contributed by atoms with van der Waals surface area (Å²) in [6.45, 7) is 2.06. The fraction of sp³-hybridized carbons (Fsp3) is 0.0909. The summed E-state index contributed by atoms with van der Waals surface area (Å²) < 4.78 is 20.4. The van der Waals surface area contributed by atoms with Crippen LogP contribution in [-0.2, 0) is 6.54 Å². The minimum atomic E-state index is -0.346. The number of halogens is 2. The number of hydrogen-bond acceptors (Lipinski definition) is 6. The van der Waals surface area contributed by atoms with Gasteiger partial charge in [0, 0.05) is 10.6 Å². The highest BCUT2D eigenvalue weighted by molar-refractivity contribution is 7.22. The van der Waals surface area contributed by atoms with E-state index in [1.807, 2.05) is 6.92 Å². The Morgan fingerprint density at radius 2 is 2.00 bits per heavy atom. The van der Waals surface area contributed by atoms with Crippen molar-refractivity contribution >= 4 is 33.2 Å². The zero-order valence-corrected chi connectivity index (χ0v) is 17.7. The first kappa shape index (κ1) is 19.6. The van der Waals surface area contributed by atoms with Gasteiger partial charge in [-0.15, -0.1) is 11.3 Å². The van der Waals surface area contributed by atoms with Gasteiger partial charge < -0.3 is 4.52 Å². The number of fused-ring (bicyclic) bond motifs is 1. The van der Waals surface area contributed by atoms with Gasteiger partial charge in [0.25, 0.3) is 11.4 Å². The second-order valence-electron chi connectivity index (χ2n) is 6.97. The standard InChI is InChI=1S/C22H14ClFN4O2S/c1-12-17-21(25-11-28(22(17)29)10-13-3-2-4-16(24)9-13)31-18(12)20-26-19(27-30-20)14-5-7-15(23)8-6-14/h2-9,11H,10H2,1H3. The van der Waals surface area contributed by atoms with Crippen molar-refractivity contribution in [3.05, 3.63) is 87.2 Å². The number of thiophene rings is 1. The molecule has 0 aliphatic carbocycles. The van der Waals surface area contributed by atoms with E-state index in [-0.39, 0.29) is 17.9 Å². The number of nitrogens with zero attached hydrogens (tertiary/aromatic N) is 4. The third-order valence-electron chi connectivity index (χ3n) is 4.88. The zero-order valence-electron chi connectivity index (χ0n) is 16.2. The molecule has 0 fully saturated rings. The summed E-state index contributed by atoms with van der Waals surface area (Å²) in [5.74, 6) is 0.406. The number of hydrogen-bond donors (Lipinski definition) is 0. The normalized spacial score (nSPS) is 11.3. The highest BCUT2D eigenvalue weighted by atomic mass is 35.5. The van der Waals surface area contributed by atoms with Crippen molar-refractivity contribution in [2.24, 2.45) is 0 Å². The van der Waals surface area contributed by atoms with Crippen LogP contribution in [0.5, 0.6) is 0 Å². The van der Waals surface area contributed by atoms with Gasteiger partial charge in [0.1, 0.15) is 10.6 Å². The maximum atomic E-state index is 13.5. The van der Waals surface area contributed by atoms with E-state index in [0.717, 1.165) is 11.1 Å². The molecule has 0 aliphatic rings. The molecule has 0 saturated carbocycles. The van der Waals surface area contributed by atoms with E-state index >= 15 is 0 Å². The van der Waals surface area contributed by atoms with E-state index < -0.39 is 0 Å². The lowest BCUT2D eigenvalue weighted by atomic mass is 10.2. The smallest absolute Gasteiger partial charge is 0.268 e. The first-order valence-corrected chi connectivity index (χ1v) is 10.5. The van der Waals surface area contributed by atoms with Crippen LogP contribution in [0.15, 0.2) is 64.2 Å². The van der Waals surface area contributed by atoms with Crippen LogP contribution in [0.25, 0.3) is 32.4 Å². The monoisotopic (exact) mass is 452 g/mol. The van der Waals surface area contributed by atoms with Crippen LogP contribution in [-0.4, -0.2) is 19.7 Å². The molecule has 9 heteroatoms. The molecule has 3 heterocycles. The minimum Gasteiger partial charge on any atom is -0.333 e. The van der Waals surface area contributed by atoms with E-state index in [0.29, 0.717) is 37.4 Å². The van der Waals surface area contributed by atoms with Crippen molar-refractivity contribution in [1.82, 2.24) is 19.7 Å². The summed E-state index contributed by atoms with van der Waals surface area (Å²) in [4.78, 5) is 23.3. The van der Waals surface area contributed by atoms with Crippen LogP contribution in [0.1, 0.15) is 11.1 Å². The molecule has 5 rings (SSSR count). The van der Waals surface area contributed by atoms with Crippen molar-refractivity contribution < 1.29 is 8.91 Å². The molecule has 154 valence electrons. The van der Waals surface area contributed by atoms with Crippen molar-refractivity contribution in [2.45, 2.75) is 13.5 Å². The Morgan fingerprint density at radius 3 is 2.77 bits per heavy atom. The van der Waals surface area contributed by atoms with Gasteiger partial charge in [0.2, 0.25) is 5.82 Å². The second kappa shape index (κ2) is 7.72. The van der Waals surface area contributed by atoms with Gasteiger partial charge in [-0.05, 0) is 54.4 Å². The summed E-state index contributed by atoms with van der Waals surface area (Å²) in [7, 11) is 0. The van der Waals surface area contributed by atoms with E-state index in [4.69, 9.17) is 16.1 Å². The Kier molecular flexibility index (Phi) is 4.88. The summed E-state index contributed by atoms with van der Waals surface area (Å²) in [6.07, 6.45) is 1.47. The molecule has 2 aromatic carbocycles. The third kappa shape index (κ3) is 3.64. The zero-order chi connectivity index (χ0) is 21.5. The fourth-order valence-corrected chi connectivity index (χ4v) is 4.53. The lowest BCUT2D eigenvalue weighted by molar-refractivity contribution is 0.433. The van der Waals surface area contributed by atoms with Crippen LogP contribution in [0, 0.1) is 12.7 Å². The third-order valence-corrected chi connectivity index (χ3v) is 6.32. The summed E-state index contributed by atoms with van der Waals surface area (Å²) in [6, 6.07) is 13.3. The van der Waals surface area contributed by atoms with Gasteiger partial charge in [0.05, 0.1) is 23.1 Å². The maximum absolute atomic E-state index is 13.5. The minimum absolute atomic E-state index is 0.202. The molecule has 0 saturated heterocycles. The SMILES string of the molecule is Cc1c(-c2nc(-c3ccc(Cl)cc3)no2)sc2ncn(Cc3cccc(F)c3)c(=O)c12. The molecule has 0 bridgehead atoms. The van der Waals surface area contributed by atoms with Crippen LogP contribution in [0.3, 0.4) is 0 Å². The maximum Gasteiger partial charge on any atom is 0.268 e. The highest BCUT2D eigenvalue weighted by Crippen LogP contribution is 2.35. The predicted octanol–water partition coefficient (Wildman–Crippen LogP) is 5.32. The summed E-state index contributed by atoms with van der Waals surface area (Å²) >= 11 is 7.25. The fourth-order valence-electron chi connectivity index (χ4n) is 3.34. The van der Waals surface area contributed by atoms with Gasteiger partial charge >= 0.3 is 0 Å². The number of aromatic nitrogens is 4. The molecular weight excluding hydrogens is 439 g/mol. The second-order valence-corrected chi connectivity index (χ2v) is 8.41. The van der Waals surface area contributed by atoms with Crippen molar-refractivity contribution in [1.29, 1.82) is 0 Å². The van der Waals surface area contributed by atoms with Crippen molar-refractivity contribution in [3.63, 3.8) is 0 Å².